The molecule has 0 unspecified atom stereocenters. The van der Waals surface area contributed by atoms with Gasteiger partial charge in [0.2, 0.25) is 0 Å². The van der Waals surface area contributed by atoms with E-state index >= 15 is 0 Å². The van der Waals surface area contributed by atoms with Crippen LogP contribution in [0.1, 0.15) is 41.8 Å². The Hall–Kier alpha value is -3.69. The van der Waals surface area contributed by atoms with Crippen LogP contribution in [0.5, 0.6) is 5.75 Å². The molecule has 0 saturated heterocycles. The number of imide groups is 1. The number of carboxylic acids is 1. The summed E-state index contributed by atoms with van der Waals surface area (Å²) < 4.78 is 16.8. The predicted octanol–water partition coefficient (Wildman–Crippen LogP) is 3.49. The van der Waals surface area contributed by atoms with Crippen molar-refractivity contribution >= 4 is 18.0 Å². The molecule has 34 heavy (non-hydrogen) atoms. The molecule has 2 aromatic rings. The third-order valence-corrected chi connectivity index (χ3v) is 4.65. The van der Waals surface area contributed by atoms with Gasteiger partial charge in [-0.3, -0.25) is 10.1 Å². The molecule has 2 atom stereocenters. The summed E-state index contributed by atoms with van der Waals surface area (Å²) in [5, 5.41) is 19.9. The Bertz CT molecular complexity index is 943. The Morgan fingerprint density at radius 3 is 2.38 bits per heavy atom. The highest BCUT2D eigenvalue weighted by Crippen LogP contribution is 2.29. The van der Waals surface area contributed by atoms with E-state index in [2.05, 4.69) is 5.32 Å². The number of amides is 2. The van der Waals surface area contributed by atoms with Gasteiger partial charge in [0.15, 0.2) is 6.10 Å². The van der Waals surface area contributed by atoms with Gasteiger partial charge in [0.25, 0.3) is 5.91 Å². The maximum Gasteiger partial charge on any atom is 0.414 e. The van der Waals surface area contributed by atoms with Crippen LogP contribution in [0.4, 0.5) is 4.79 Å². The van der Waals surface area contributed by atoms with E-state index in [4.69, 9.17) is 24.4 Å². The molecule has 0 bridgehead atoms. The molecule has 0 aromatic heterocycles. The Labute approximate surface area is 198 Å². The average Bonchev–Trinajstić information content (AvgIpc) is 2.84. The minimum Gasteiger partial charge on any atom is -0.491 e. The van der Waals surface area contributed by atoms with E-state index in [1.165, 1.54) is 6.08 Å². The van der Waals surface area contributed by atoms with Gasteiger partial charge < -0.3 is 24.4 Å². The zero-order valence-electron chi connectivity index (χ0n) is 18.9. The number of ether oxygens (including phenoxy) is 3. The Morgan fingerprint density at radius 2 is 1.76 bits per heavy atom. The van der Waals surface area contributed by atoms with Crippen molar-refractivity contribution in [2.45, 2.75) is 32.0 Å². The van der Waals surface area contributed by atoms with Gasteiger partial charge in [-0.1, -0.05) is 36.4 Å². The van der Waals surface area contributed by atoms with Crippen LogP contribution in [0.2, 0.25) is 0 Å². The second kappa shape index (κ2) is 14.5. The molecule has 2 amide bonds. The van der Waals surface area contributed by atoms with Crippen molar-refractivity contribution in [3.63, 3.8) is 0 Å². The van der Waals surface area contributed by atoms with E-state index in [0.717, 1.165) is 6.08 Å². The predicted molar refractivity (Wildman–Crippen MR) is 124 cm³/mol. The number of rotatable bonds is 13. The number of carboxylic acid groups (broad SMARTS) is 1. The summed E-state index contributed by atoms with van der Waals surface area (Å²) >= 11 is 0. The summed E-state index contributed by atoms with van der Waals surface area (Å²) in [4.78, 5) is 35.7. The number of aliphatic hydroxyl groups excluding tert-OH is 1. The molecular formula is C25H29NO8. The number of carbonyl (C=O) groups is 3. The van der Waals surface area contributed by atoms with Crippen molar-refractivity contribution in [3.8, 4) is 5.75 Å². The number of hydrogen-bond acceptors (Lipinski definition) is 7. The molecule has 0 aliphatic rings. The molecule has 0 spiro atoms. The Morgan fingerprint density at radius 1 is 1.06 bits per heavy atom. The quantitative estimate of drug-likeness (QED) is 0.378. The lowest BCUT2D eigenvalue weighted by molar-refractivity contribution is -0.131. The third-order valence-electron chi connectivity index (χ3n) is 4.65. The molecule has 0 aliphatic heterocycles. The van der Waals surface area contributed by atoms with E-state index in [1.54, 1.807) is 61.5 Å². The molecule has 9 nitrogen and oxygen atoms in total. The second-order valence-electron chi connectivity index (χ2n) is 7.10. The molecule has 182 valence electrons. The van der Waals surface area contributed by atoms with Gasteiger partial charge in [-0.05, 0) is 49.6 Å². The van der Waals surface area contributed by atoms with Crippen molar-refractivity contribution in [1.29, 1.82) is 0 Å². The fourth-order valence-corrected chi connectivity index (χ4v) is 3.16. The first-order valence-corrected chi connectivity index (χ1v) is 10.9. The van der Waals surface area contributed by atoms with Crippen molar-refractivity contribution in [2.24, 2.45) is 0 Å². The summed E-state index contributed by atoms with van der Waals surface area (Å²) in [5.74, 6) is -1.13. The molecule has 2 aromatic carbocycles. The highest BCUT2D eigenvalue weighted by atomic mass is 16.6. The maximum atomic E-state index is 12.6. The molecule has 0 aliphatic carbocycles. The molecule has 0 radical (unpaired) electrons. The molecular weight excluding hydrogens is 442 g/mol. The fourth-order valence-electron chi connectivity index (χ4n) is 3.16. The van der Waals surface area contributed by atoms with E-state index in [1.807, 2.05) is 0 Å². The van der Waals surface area contributed by atoms with Crippen LogP contribution < -0.4 is 10.1 Å². The average molecular weight is 472 g/mol. The molecule has 2 rings (SSSR count). The smallest absolute Gasteiger partial charge is 0.414 e. The van der Waals surface area contributed by atoms with Gasteiger partial charge >= 0.3 is 12.1 Å². The van der Waals surface area contributed by atoms with E-state index < -0.39 is 30.2 Å². The number of aliphatic carboxylic acids is 1. The monoisotopic (exact) mass is 471 g/mol. The van der Waals surface area contributed by atoms with Gasteiger partial charge in [-0.2, -0.15) is 0 Å². The molecule has 0 saturated carbocycles. The number of benzene rings is 2. The first kappa shape index (κ1) is 26.6. The first-order valence-electron chi connectivity index (χ1n) is 10.9. The van der Waals surface area contributed by atoms with Gasteiger partial charge in [0, 0.05) is 18.2 Å². The SMILES string of the molecule is CCO[C@@H](CC/C=C/C(=O)O)[C@@H](OC(=O)NC(=O)c1ccccc1)c1ccc(OCCO)cc1. The van der Waals surface area contributed by atoms with Crippen molar-refractivity contribution in [3.05, 3.63) is 77.9 Å². The van der Waals surface area contributed by atoms with Crippen LogP contribution in [-0.4, -0.2) is 54.1 Å². The van der Waals surface area contributed by atoms with E-state index in [-0.39, 0.29) is 13.2 Å². The van der Waals surface area contributed by atoms with E-state index in [0.29, 0.717) is 36.3 Å². The minimum absolute atomic E-state index is 0.126. The zero-order chi connectivity index (χ0) is 24.8. The highest BCUT2D eigenvalue weighted by Gasteiger charge is 2.28. The van der Waals surface area contributed by atoms with Gasteiger partial charge in [-0.15, -0.1) is 0 Å². The van der Waals surface area contributed by atoms with E-state index in [9.17, 15) is 14.4 Å². The Balaban J connectivity index is 2.20. The number of allylic oxidation sites excluding steroid dienone is 1. The number of alkyl carbamates (subject to hydrolysis) is 1. The number of hydrogen-bond donors (Lipinski definition) is 3. The van der Waals surface area contributed by atoms with Crippen molar-refractivity contribution in [1.82, 2.24) is 5.32 Å². The lowest BCUT2D eigenvalue weighted by atomic mass is 10.00. The standard InChI is InChI=1S/C25H29NO8/c1-2-32-21(10-6-7-11-22(28)29)23(18-12-14-20(15-13-18)33-17-16-27)34-25(31)26-24(30)19-8-4-3-5-9-19/h3-5,7-9,11-15,21,23,27H,2,6,10,16-17H2,1H3,(H,28,29)(H,26,30,31)/b11-7+/t21-,23-/m0/s1. The largest absolute Gasteiger partial charge is 0.491 e. The van der Waals surface area contributed by atoms with Gasteiger partial charge in [0.05, 0.1) is 12.7 Å². The second-order valence-corrected chi connectivity index (χ2v) is 7.10. The van der Waals surface area contributed by atoms with Gasteiger partial charge in [0.1, 0.15) is 12.4 Å². The first-order chi connectivity index (χ1) is 16.4. The van der Waals surface area contributed by atoms with Crippen LogP contribution in [0.3, 0.4) is 0 Å². The third kappa shape index (κ3) is 9.05. The molecule has 9 heteroatoms. The zero-order valence-corrected chi connectivity index (χ0v) is 18.9. The summed E-state index contributed by atoms with van der Waals surface area (Å²) in [6.45, 7) is 2.14. The van der Waals surface area contributed by atoms with Gasteiger partial charge in [-0.25, -0.2) is 9.59 Å². The summed E-state index contributed by atoms with van der Waals surface area (Å²) in [6.07, 6.45) is 0.849. The van der Waals surface area contributed by atoms with Crippen LogP contribution in [0.15, 0.2) is 66.7 Å². The summed E-state index contributed by atoms with van der Waals surface area (Å²) in [5.41, 5.74) is 0.904. The lowest BCUT2D eigenvalue weighted by Gasteiger charge is -2.27. The molecule has 3 N–H and O–H groups in total. The van der Waals surface area contributed by atoms with Crippen LogP contribution in [0.25, 0.3) is 0 Å². The minimum atomic E-state index is -1.06. The summed E-state index contributed by atoms with van der Waals surface area (Å²) in [6, 6.07) is 15.0. The fraction of sp³-hybridized carbons (Fsp3) is 0.320. The summed E-state index contributed by atoms with van der Waals surface area (Å²) in [7, 11) is 0. The van der Waals surface area contributed by atoms with Crippen LogP contribution in [0, 0.1) is 0 Å². The Kier molecular flexibility index (Phi) is 11.3. The lowest BCUT2D eigenvalue weighted by Crippen LogP contribution is -2.35. The van der Waals surface area contributed by atoms with Crippen molar-refractivity contribution < 1.29 is 38.8 Å². The number of carbonyl (C=O) groups excluding carboxylic acids is 2. The molecule has 0 heterocycles. The maximum absolute atomic E-state index is 12.6. The highest BCUT2D eigenvalue weighted by molar-refractivity contribution is 6.02. The van der Waals surface area contributed by atoms with Crippen LogP contribution in [-0.2, 0) is 14.3 Å². The number of nitrogens with one attached hydrogen (secondary N) is 1. The topological polar surface area (TPSA) is 131 Å². The van der Waals surface area contributed by atoms with Crippen molar-refractivity contribution in [2.75, 3.05) is 19.8 Å². The number of aliphatic hydroxyl groups is 1. The molecule has 0 fully saturated rings. The normalized spacial score (nSPS) is 12.6. The van der Waals surface area contributed by atoms with Crippen LogP contribution >= 0.6 is 0 Å².